The topological polar surface area (TPSA) is 83.4 Å². The quantitative estimate of drug-likeness (QED) is 0.836. The van der Waals surface area contributed by atoms with Gasteiger partial charge in [-0.3, -0.25) is 0 Å². The molecule has 16 heavy (non-hydrogen) atoms. The highest BCUT2D eigenvalue weighted by atomic mass is 16.5. The van der Waals surface area contributed by atoms with Gasteiger partial charge in [0.15, 0.2) is 0 Å². The van der Waals surface area contributed by atoms with Gasteiger partial charge in [0, 0.05) is 0 Å². The average Bonchev–Trinajstić information content (AvgIpc) is 2.78. The number of hydrogen-bond acceptors (Lipinski definition) is 6. The smallest absolute Gasteiger partial charge is 0.226 e. The Balaban J connectivity index is 2.06. The summed E-state index contributed by atoms with van der Waals surface area (Å²) in [5.74, 6) is 1.52. The minimum absolute atomic E-state index is 0.105. The van der Waals surface area contributed by atoms with Crippen molar-refractivity contribution in [1.29, 1.82) is 0 Å². The molecular weight excluding hydrogens is 210 g/mol. The molecule has 0 saturated heterocycles. The molecule has 0 saturated carbocycles. The van der Waals surface area contributed by atoms with Gasteiger partial charge < -0.3 is 19.6 Å². The van der Waals surface area contributed by atoms with Crippen LogP contribution in [0.3, 0.4) is 0 Å². The van der Waals surface area contributed by atoms with E-state index in [-0.39, 0.29) is 12.6 Å². The average molecular weight is 221 g/mol. The number of methoxy groups -OCH3 is 1. The predicted octanol–water partition coefficient (Wildman–Crippen LogP) is 1.24. The van der Waals surface area contributed by atoms with E-state index in [1.165, 1.54) is 7.11 Å². The number of nitrogen functional groups attached to an aromatic ring is 1. The van der Waals surface area contributed by atoms with Crippen LogP contribution in [0.15, 0.2) is 28.9 Å². The molecule has 0 atom stereocenters. The third-order valence-electron chi connectivity index (χ3n) is 1.85. The first-order valence-corrected chi connectivity index (χ1v) is 4.61. The van der Waals surface area contributed by atoms with Crippen LogP contribution in [-0.4, -0.2) is 17.1 Å². The molecule has 2 heterocycles. The Bertz CT molecular complexity index is 456. The molecule has 6 heteroatoms. The molecule has 2 rings (SSSR count). The number of furan rings is 1. The normalized spacial score (nSPS) is 10.1. The maximum absolute atomic E-state index is 5.48. The molecule has 0 amide bonds. The van der Waals surface area contributed by atoms with Crippen LogP contribution in [0.4, 0.5) is 5.95 Å². The summed E-state index contributed by atoms with van der Waals surface area (Å²) in [6.45, 7) is 0.284. The van der Waals surface area contributed by atoms with E-state index < -0.39 is 0 Å². The summed E-state index contributed by atoms with van der Waals surface area (Å²) in [5, 5.41) is 0. The van der Waals surface area contributed by atoms with E-state index in [9.17, 15) is 0 Å². The summed E-state index contributed by atoms with van der Waals surface area (Å²) < 4.78 is 15.4. The molecule has 0 aliphatic carbocycles. The molecule has 0 spiro atoms. The largest absolute Gasteiger partial charge is 0.481 e. The molecule has 0 aliphatic heterocycles. The van der Waals surface area contributed by atoms with Crippen molar-refractivity contribution in [1.82, 2.24) is 9.97 Å². The van der Waals surface area contributed by atoms with Crippen LogP contribution < -0.4 is 15.2 Å². The Kier molecular flexibility index (Phi) is 2.90. The van der Waals surface area contributed by atoms with Crippen molar-refractivity contribution in [2.45, 2.75) is 6.61 Å². The standard InChI is InChI=1S/C10H11N3O3/c1-14-8-5-9(13-10(11)12-8)16-6-7-3-2-4-15-7/h2-5H,6H2,1H3,(H2,11,12,13). The van der Waals surface area contributed by atoms with Gasteiger partial charge in [0.25, 0.3) is 0 Å². The lowest BCUT2D eigenvalue weighted by molar-refractivity contribution is 0.258. The zero-order chi connectivity index (χ0) is 11.4. The summed E-state index contributed by atoms with van der Waals surface area (Å²) >= 11 is 0. The molecule has 0 radical (unpaired) electrons. The van der Waals surface area contributed by atoms with E-state index >= 15 is 0 Å². The van der Waals surface area contributed by atoms with Gasteiger partial charge in [0.05, 0.1) is 19.4 Å². The molecule has 2 N–H and O–H groups in total. The summed E-state index contributed by atoms with van der Waals surface area (Å²) in [5.41, 5.74) is 5.48. The van der Waals surface area contributed by atoms with Gasteiger partial charge in [-0.1, -0.05) is 0 Å². The minimum Gasteiger partial charge on any atom is -0.481 e. The fourth-order valence-electron chi connectivity index (χ4n) is 1.14. The van der Waals surface area contributed by atoms with Crippen molar-refractivity contribution >= 4 is 5.95 Å². The van der Waals surface area contributed by atoms with Crippen LogP contribution >= 0.6 is 0 Å². The second-order valence-corrected chi connectivity index (χ2v) is 2.97. The fourth-order valence-corrected chi connectivity index (χ4v) is 1.14. The zero-order valence-corrected chi connectivity index (χ0v) is 8.71. The molecule has 0 bridgehead atoms. The Hall–Kier alpha value is -2.24. The van der Waals surface area contributed by atoms with Crippen LogP contribution in [0, 0.1) is 0 Å². The number of ether oxygens (including phenoxy) is 2. The molecule has 0 unspecified atom stereocenters. The van der Waals surface area contributed by atoms with Crippen molar-refractivity contribution < 1.29 is 13.9 Å². The Morgan fingerprint density at radius 2 is 2.19 bits per heavy atom. The first-order chi connectivity index (χ1) is 7.78. The van der Waals surface area contributed by atoms with Gasteiger partial charge in [-0.15, -0.1) is 0 Å². The summed E-state index contributed by atoms with van der Waals surface area (Å²) in [6, 6.07) is 5.15. The Morgan fingerprint density at radius 3 is 2.88 bits per heavy atom. The first kappa shape index (κ1) is 10.3. The van der Waals surface area contributed by atoms with Crippen LogP contribution in [0.5, 0.6) is 11.8 Å². The third kappa shape index (κ3) is 2.41. The van der Waals surface area contributed by atoms with Gasteiger partial charge in [-0.2, -0.15) is 9.97 Å². The van der Waals surface area contributed by atoms with Crippen molar-refractivity contribution in [3.63, 3.8) is 0 Å². The number of nitrogens with zero attached hydrogens (tertiary/aromatic N) is 2. The van der Waals surface area contributed by atoms with Crippen molar-refractivity contribution in [3.8, 4) is 11.8 Å². The van der Waals surface area contributed by atoms with E-state index in [4.69, 9.17) is 19.6 Å². The zero-order valence-electron chi connectivity index (χ0n) is 8.71. The van der Waals surface area contributed by atoms with Crippen LogP contribution in [0.1, 0.15) is 5.76 Å². The van der Waals surface area contributed by atoms with Crippen LogP contribution in [0.2, 0.25) is 0 Å². The second-order valence-electron chi connectivity index (χ2n) is 2.97. The Labute approximate surface area is 92.0 Å². The molecule has 0 fully saturated rings. The SMILES string of the molecule is COc1cc(OCc2ccco2)nc(N)n1. The van der Waals surface area contributed by atoms with Crippen LogP contribution in [-0.2, 0) is 6.61 Å². The van der Waals surface area contributed by atoms with Gasteiger partial charge in [-0.25, -0.2) is 0 Å². The number of aromatic nitrogens is 2. The number of rotatable bonds is 4. The molecule has 0 aliphatic rings. The lowest BCUT2D eigenvalue weighted by atomic mass is 10.5. The number of hydrogen-bond donors (Lipinski definition) is 1. The first-order valence-electron chi connectivity index (χ1n) is 4.61. The Morgan fingerprint density at radius 1 is 1.38 bits per heavy atom. The van der Waals surface area contributed by atoms with Gasteiger partial charge in [0.1, 0.15) is 12.4 Å². The van der Waals surface area contributed by atoms with Gasteiger partial charge in [0.2, 0.25) is 17.7 Å². The summed E-state index contributed by atoms with van der Waals surface area (Å²) in [4.78, 5) is 7.74. The maximum atomic E-state index is 5.48. The maximum Gasteiger partial charge on any atom is 0.226 e. The molecule has 2 aromatic rings. The van der Waals surface area contributed by atoms with E-state index in [0.717, 1.165) is 0 Å². The summed E-state index contributed by atoms with van der Waals surface area (Å²) in [7, 11) is 1.50. The fraction of sp³-hybridized carbons (Fsp3) is 0.200. The molecule has 6 nitrogen and oxygen atoms in total. The molecular formula is C10H11N3O3. The van der Waals surface area contributed by atoms with Gasteiger partial charge >= 0.3 is 0 Å². The van der Waals surface area contributed by atoms with Gasteiger partial charge in [-0.05, 0) is 12.1 Å². The lowest BCUT2D eigenvalue weighted by Gasteiger charge is -2.05. The molecule has 84 valence electrons. The molecule has 0 aromatic carbocycles. The van der Waals surface area contributed by atoms with Crippen molar-refractivity contribution in [2.75, 3.05) is 12.8 Å². The van der Waals surface area contributed by atoms with Crippen molar-refractivity contribution in [3.05, 3.63) is 30.2 Å². The highest BCUT2D eigenvalue weighted by Gasteiger charge is 2.04. The number of nitrogens with two attached hydrogens (primary N) is 1. The highest BCUT2D eigenvalue weighted by Crippen LogP contribution is 2.17. The number of anilines is 1. The monoisotopic (exact) mass is 221 g/mol. The van der Waals surface area contributed by atoms with E-state index in [1.54, 1.807) is 18.4 Å². The van der Waals surface area contributed by atoms with E-state index in [0.29, 0.717) is 17.5 Å². The third-order valence-corrected chi connectivity index (χ3v) is 1.85. The lowest BCUT2D eigenvalue weighted by Crippen LogP contribution is -2.02. The highest BCUT2D eigenvalue weighted by molar-refractivity contribution is 5.29. The van der Waals surface area contributed by atoms with Crippen LogP contribution in [0.25, 0.3) is 0 Å². The minimum atomic E-state index is 0.105. The van der Waals surface area contributed by atoms with Crippen molar-refractivity contribution in [2.24, 2.45) is 0 Å². The van der Waals surface area contributed by atoms with E-state index in [1.807, 2.05) is 6.07 Å². The summed E-state index contributed by atoms with van der Waals surface area (Å²) in [6.07, 6.45) is 1.58. The molecule has 2 aromatic heterocycles. The predicted molar refractivity (Wildman–Crippen MR) is 56.0 cm³/mol. The second kappa shape index (κ2) is 4.52. The van der Waals surface area contributed by atoms with E-state index in [2.05, 4.69) is 9.97 Å².